The molecule has 0 radical (unpaired) electrons. The summed E-state index contributed by atoms with van der Waals surface area (Å²) in [6.45, 7) is 2.63. The number of hydrogen-bond donors (Lipinski definition) is 1. The molecule has 17 heavy (non-hydrogen) atoms. The van der Waals surface area contributed by atoms with E-state index >= 15 is 0 Å². The van der Waals surface area contributed by atoms with Crippen molar-refractivity contribution in [3.8, 4) is 0 Å². The topological polar surface area (TPSA) is 68.0 Å². The summed E-state index contributed by atoms with van der Waals surface area (Å²) in [5, 5.41) is 14.2. The standard InChI is InChI=1S/C10H10N6S/c1-7-14-8(5-17-7)4-12-9-10-15-13-6-16(10)3-2-11-9/h2-3,5-6H,4H2,1H3,(H,11,12). The van der Waals surface area contributed by atoms with Gasteiger partial charge >= 0.3 is 0 Å². The first-order valence-corrected chi connectivity index (χ1v) is 6.00. The minimum Gasteiger partial charge on any atom is -0.361 e. The molecule has 3 aromatic rings. The Balaban J connectivity index is 1.83. The van der Waals surface area contributed by atoms with Gasteiger partial charge in [0.2, 0.25) is 5.65 Å². The van der Waals surface area contributed by atoms with Crippen LogP contribution in [0.2, 0.25) is 0 Å². The molecule has 0 spiro atoms. The Morgan fingerprint density at radius 1 is 1.47 bits per heavy atom. The largest absolute Gasteiger partial charge is 0.361 e. The van der Waals surface area contributed by atoms with Gasteiger partial charge in [0.05, 0.1) is 17.2 Å². The highest BCUT2D eigenvalue weighted by Gasteiger charge is 2.05. The summed E-state index contributed by atoms with van der Waals surface area (Å²) in [5.41, 5.74) is 1.73. The second-order valence-corrected chi connectivity index (χ2v) is 4.61. The molecule has 0 saturated carbocycles. The Morgan fingerprint density at radius 2 is 2.41 bits per heavy atom. The van der Waals surface area contributed by atoms with Crippen LogP contribution in [0.5, 0.6) is 0 Å². The zero-order valence-electron chi connectivity index (χ0n) is 9.16. The van der Waals surface area contributed by atoms with Gasteiger partial charge in [-0.05, 0) is 6.92 Å². The molecule has 86 valence electrons. The summed E-state index contributed by atoms with van der Waals surface area (Å²) in [4.78, 5) is 8.62. The number of anilines is 1. The van der Waals surface area contributed by atoms with E-state index < -0.39 is 0 Å². The Bertz CT molecular complexity index is 643. The predicted molar refractivity (Wildman–Crippen MR) is 65.0 cm³/mol. The van der Waals surface area contributed by atoms with E-state index in [0.29, 0.717) is 6.54 Å². The first-order valence-electron chi connectivity index (χ1n) is 5.12. The number of fused-ring (bicyclic) bond motifs is 1. The molecular formula is C10H10N6S. The monoisotopic (exact) mass is 246 g/mol. The van der Waals surface area contributed by atoms with E-state index in [1.54, 1.807) is 23.9 Å². The van der Waals surface area contributed by atoms with Crippen molar-refractivity contribution in [3.05, 3.63) is 34.8 Å². The maximum Gasteiger partial charge on any atom is 0.203 e. The van der Waals surface area contributed by atoms with Gasteiger partial charge in [0.15, 0.2) is 5.82 Å². The number of nitrogens with one attached hydrogen (secondary N) is 1. The van der Waals surface area contributed by atoms with Gasteiger partial charge in [0.1, 0.15) is 6.33 Å². The molecular weight excluding hydrogens is 236 g/mol. The minimum atomic E-state index is 0.643. The molecule has 0 aliphatic carbocycles. The van der Waals surface area contributed by atoms with E-state index in [1.807, 2.05) is 22.9 Å². The van der Waals surface area contributed by atoms with Crippen LogP contribution in [0.1, 0.15) is 10.7 Å². The van der Waals surface area contributed by atoms with E-state index in [2.05, 4.69) is 25.5 Å². The van der Waals surface area contributed by atoms with Crippen LogP contribution in [-0.4, -0.2) is 24.6 Å². The molecule has 6 nitrogen and oxygen atoms in total. The van der Waals surface area contributed by atoms with E-state index in [4.69, 9.17) is 0 Å². The lowest BCUT2D eigenvalue weighted by Gasteiger charge is -2.03. The Labute approximate surface area is 101 Å². The van der Waals surface area contributed by atoms with Gasteiger partial charge in [-0.2, -0.15) is 0 Å². The zero-order valence-corrected chi connectivity index (χ0v) is 9.98. The van der Waals surface area contributed by atoms with Gasteiger partial charge in [-0.15, -0.1) is 21.5 Å². The number of aromatic nitrogens is 5. The molecule has 0 bridgehead atoms. The van der Waals surface area contributed by atoms with Gasteiger partial charge in [-0.3, -0.25) is 4.40 Å². The number of nitrogens with zero attached hydrogens (tertiary/aromatic N) is 5. The molecule has 0 saturated heterocycles. The second-order valence-electron chi connectivity index (χ2n) is 3.55. The molecule has 0 aromatic carbocycles. The molecule has 0 aliphatic heterocycles. The van der Waals surface area contributed by atoms with Crippen molar-refractivity contribution >= 4 is 22.8 Å². The maximum atomic E-state index is 4.38. The van der Waals surface area contributed by atoms with Crippen LogP contribution in [0.3, 0.4) is 0 Å². The number of thiazole rings is 1. The maximum absolute atomic E-state index is 4.38. The van der Waals surface area contributed by atoms with Gasteiger partial charge in [0.25, 0.3) is 0 Å². The normalized spacial score (nSPS) is 10.9. The Hall–Kier alpha value is -2.02. The van der Waals surface area contributed by atoms with Crippen molar-refractivity contribution in [2.75, 3.05) is 5.32 Å². The average molecular weight is 246 g/mol. The smallest absolute Gasteiger partial charge is 0.203 e. The molecule has 3 heterocycles. The highest BCUT2D eigenvalue weighted by Crippen LogP contribution is 2.13. The summed E-state index contributed by atoms with van der Waals surface area (Å²) >= 11 is 1.64. The highest BCUT2D eigenvalue weighted by molar-refractivity contribution is 7.09. The summed E-state index contributed by atoms with van der Waals surface area (Å²) < 4.78 is 1.82. The third-order valence-corrected chi connectivity index (χ3v) is 3.14. The van der Waals surface area contributed by atoms with Crippen molar-refractivity contribution in [1.82, 2.24) is 24.6 Å². The fourth-order valence-electron chi connectivity index (χ4n) is 1.55. The first-order chi connectivity index (χ1) is 8.33. The third-order valence-electron chi connectivity index (χ3n) is 2.32. The van der Waals surface area contributed by atoms with Crippen LogP contribution in [0.15, 0.2) is 24.1 Å². The highest BCUT2D eigenvalue weighted by atomic mass is 32.1. The quantitative estimate of drug-likeness (QED) is 0.758. The van der Waals surface area contributed by atoms with Gasteiger partial charge in [0, 0.05) is 17.8 Å². The average Bonchev–Trinajstić information content (AvgIpc) is 2.94. The summed E-state index contributed by atoms with van der Waals surface area (Å²) in [7, 11) is 0. The fourth-order valence-corrected chi connectivity index (χ4v) is 2.16. The molecule has 0 atom stereocenters. The summed E-state index contributed by atoms with van der Waals surface area (Å²) in [6.07, 6.45) is 5.17. The molecule has 7 heteroatoms. The zero-order chi connectivity index (χ0) is 11.7. The van der Waals surface area contributed by atoms with Crippen LogP contribution in [0.4, 0.5) is 5.82 Å². The Morgan fingerprint density at radius 3 is 3.24 bits per heavy atom. The first kappa shape index (κ1) is 10.2. The molecule has 0 unspecified atom stereocenters. The molecule has 1 N–H and O–H groups in total. The van der Waals surface area contributed by atoms with Crippen molar-refractivity contribution < 1.29 is 0 Å². The van der Waals surface area contributed by atoms with Crippen LogP contribution in [0, 0.1) is 6.92 Å². The van der Waals surface area contributed by atoms with Crippen LogP contribution >= 0.6 is 11.3 Å². The summed E-state index contributed by atoms with van der Waals surface area (Å²) in [6, 6.07) is 0. The van der Waals surface area contributed by atoms with E-state index in [1.165, 1.54) is 0 Å². The van der Waals surface area contributed by atoms with Gasteiger partial charge in [-0.25, -0.2) is 9.97 Å². The SMILES string of the molecule is Cc1nc(CNc2nccn3cnnc23)cs1. The lowest BCUT2D eigenvalue weighted by molar-refractivity contribution is 1.02. The lowest BCUT2D eigenvalue weighted by atomic mass is 10.4. The molecule has 3 rings (SSSR count). The second kappa shape index (κ2) is 4.10. The van der Waals surface area contributed by atoms with E-state index in [-0.39, 0.29) is 0 Å². The molecule has 0 fully saturated rings. The molecule has 0 aliphatic rings. The van der Waals surface area contributed by atoms with Gasteiger partial charge in [-0.1, -0.05) is 0 Å². The molecule has 3 aromatic heterocycles. The number of hydrogen-bond acceptors (Lipinski definition) is 6. The number of aryl methyl sites for hydroxylation is 1. The van der Waals surface area contributed by atoms with Crippen molar-refractivity contribution in [2.24, 2.45) is 0 Å². The van der Waals surface area contributed by atoms with Crippen molar-refractivity contribution in [2.45, 2.75) is 13.5 Å². The van der Waals surface area contributed by atoms with Crippen LogP contribution in [-0.2, 0) is 6.54 Å². The van der Waals surface area contributed by atoms with Gasteiger partial charge < -0.3 is 5.32 Å². The number of rotatable bonds is 3. The fraction of sp³-hybridized carbons (Fsp3) is 0.200. The Kier molecular flexibility index (Phi) is 2.45. The third kappa shape index (κ3) is 1.96. The predicted octanol–water partition coefficient (Wildman–Crippen LogP) is 1.50. The van der Waals surface area contributed by atoms with Crippen LogP contribution in [0.25, 0.3) is 5.65 Å². The lowest BCUT2D eigenvalue weighted by Crippen LogP contribution is -2.03. The van der Waals surface area contributed by atoms with Crippen LogP contribution < -0.4 is 5.32 Å². The summed E-state index contributed by atoms with van der Waals surface area (Å²) in [5.74, 6) is 0.718. The molecule has 0 amide bonds. The van der Waals surface area contributed by atoms with Crippen molar-refractivity contribution in [3.63, 3.8) is 0 Å². The van der Waals surface area contributed by atoms with Crippen molar-refractivity contribution in [1.29, 1.82) is 0 Å². The van der Waals surface area contributed by atoms with E-state index in [9.17, 15) is 0 Å². The minimum absolute atomic E-state index is 0.643. The van der Waals surface area contributed by atoms with E-state index in [0.717, 1.165) is 22.2 Å².